The Bertz CT molecular complexity index is 642. The lowest BCUT2D eigenvalue weighted by Gasteiger charge is -2.00. The molecule has 3 N–H and O–H groups in total. The molecule has 0 atom stereocenters. The largest absolute Gasteiger partial charge is 0.382 e. The minimum Gasteiger partial charge on any atom is -0.382 e. The van der Waals surface area contributed by atoms with Gasteiger partial charge in [0.1, 0.15) is 5.82 Å². The zero-order chi connectivity index (χ0) is 11.0. The Balaban J connectivity index is 2.18. The lowest BCUT2D eigenvalue weighted by molar-refractivity contribution is 1.10. The summed E-state index contributed by atoms with van der Waals surface area (Å²) in [6.07, 6.45) is 3.63. The van der Waals surface area contributed by atoms with E-state index in [-0.39, 0.29) is 0 Å². The van der Waals surface area contributed by atoms with Crippen molar-refractivity contribution in [1.29, 1.82) is 0 Å². The monoisotopic (exact) mass is 210 g/mol. The summed E-state index contributed by atoms with van der Waals surface area (Å²) in [6, 6.07) is 9.96. The van der Waals surface area contributed by atoms with Crippen LogP contribution in [-0.2, 0) is 0 Å². The molecule has 0 aliphatic rings. The molecule has 0 saturated carbocycles. The maximum Gasteiger partial charge on any atom is 0.145 e. The molecule has 78 valence electrons. The Kier molecular flexibility index (Phi) is 1.86. The fraction of sp³-hybridized carbons (Fsp3) is 0. The Morgan fingerprint density at radius 1 is 1.06 bits per heavy atom. The number of anilines is 1. The van der Waals surface area contributed by atoms with Crippen LogP contribution < -0.4 is 5.73 Å². The number of nitrogen functional groups attached to an aromatic ring is 1. The first-order valence-electron chi connectivity index (χ1n) is 4.98. The Morgan fingerprint density at radius 3 is 2.81 bits per heavy atom. The van der Waals surface area contributed by atoms with Gasteiger partial charge in [-0.15, -0.1) is 0 Å². The molecule has 4 heteroatoms. The summed E-state index contributed by atoms with van der Waals surface area (Å²) in [5, 5.41) is 9.08. The molecule has 0 saturated heterocycles. The number of aromatic amines is 1. The number of nitrogens with one attached hydrogen (secondary N) is 1. The van der Waals surface area contributed by atoms with Crippen LogP contribution >= 0.6 is 0 Å². The zero-order valence-electron chi connectivity index (χ0n) is 8.51. The standard InChI is InChI=1S/C12H10N4/c13-12-6-11(15-16-12)9-2-1-8-3-4-14-7-10(8)5-9/h1-7H,(H3,13,15,16). The summed E-state index contributed by atoms with van der Waals surface area (Å²) in [6.45, 7) is 0. The average Bonchev–Trinajstić information content (AvgIpc) is 2.75. The molecule has 2 aromatic heterocycles. The topological polar surface area (TPSA) is 67.6 Å². The molecule has 0 spiro atoms. The second-order valence-electron chi connectivity index (χ2n) is 3.64. The van der Waals surface area contributed by atoms with Gasteiger partial charge in [0.25, 0.3) is 0 Å². The van der Waals surface area contributed by atoms with E-state index in [1.54, 1.807) is 6.20 Å². The molecule has 16 heavy (non-hydrogen) atoms. The molecule has 2 heterocycles. The lowest BCUT2D eigenvalue weighted by atomic mass is 10.1. The minimum absolute atomic E-state index is 0.501. The van der Waals surface area contributed by atoms with Gasteiger partial charge in [-0.2, -0.15) is 5.10 Å². The summed E-state index contributed by atoms with van der Waals surface area (Å²) in [7, 11) is 0. The number of hydrogen-bond donors (Lipinski definition) is 2. The highest BCUT2D eigenvalue weighted by atomic mass is 15.2. The predicted octanol–water partition coefficient (Wildman–Crippen LogP) is 2.21. The summed E-state index contributed by atoms with van der Waals surface area (Å²) >= 11 is 0. The second-order valence-corrected chi connectivity index (χ2v) is 3.64. The maximum atomic E-state index is 5.57. The zero-order valence-corrected chi connectivity index (χ0v) is 8.51. The molecule has 3 rings (SSSR count). The van der Waals surface area contributed by atoms with Gasteiger partial charge in [0.15, 0.2) is 0 Å². The quantitative estimate of drug-likeness (QED) is 0.647. The first kappa shape index (κ1) is 8.91. The van der Waals surface area contributed by atoms with Crippen molar-refractivity contribution >= 4 is 16.6 Å². The summed E-state index contributed by atoms with van der Waals surface area (Å²) < 4.78 is 0. The van der Waals surface area contributed by atoms with Crippen LogP contribution in [0, 0.1) is 0 Å². The van der Waals surface area contributed by atoms with E-state index in [4.69, 9.17) is 5.73 Å². The van der Waals surface area contributed by atoms with Gasteiger partial charge in [-0.1, -0.05) is 12.1 Å². The average molecular weight is 210 g/mol. The van der Waals surface area contributed by atoms with Crippen molar-refractivity contribution in [3.8, 4) is 11.3 Å². The molecular weight excluding hydrogens is 200 g/mol. The fourth-order valence-corrected chi connectivity index (χ4v) is 1.74. The molecule has 0 fully saturated rings. The maximum absolute atomic E-state index is 5.57. The van der Waals surface area contributed by atoms with E-state index in [1.165, 1.54) is 5.39 Å². The summed E-state index contributed by atoms with van der Waals surface area (Å²) in [5.74, 6) is 0.501. The van der Waals surface area contributed by atoms with Crippen molar-refractivity contribution in [1.82, 2.24) is 15.2 Å². The van der Waals surface area contributed by atoms with E-state index in [0.717, 1.165) is 16.6 Å². The third kappa shape index (κ3) is 1.40. The van der Waals surface area contributed by atoms with Crippen LogP contribution in [0.4, 0.5) is 5.82 Å². The highest BCUT2D eigenvalue weighted by Crippen LogP contribution is 2.23. The molecule has 0 radical (unpaired) electrons. The number of benzene rings is 1. The number of nitrogens with two attached hydrogens (primary N) is 1. The van der Waals surface area contributed by atoms with E-state index in [0.29, 0.717) is 5.82 Å². The Labute approximate surface area is 92.1 Å². The number of rotatable bonds is 1. The summed E-state index contributed by atoms with van der Waals surface area (Å²) in [4.78, 5) is 4.10. The molecule has 0 unspecified atom stereocenters. The summed E-state index contributed by atoms with van der Waals surface area (Å²) in [5.41, 5.74) is 7.55. The van der Waals surface area contributed by atoms with Crippen molar-refractivity contribution in [3.05, 3.63) is 42.7 Å². The van der Waals surface area contributed by atoms with Gasteiger partial charge >= 0.3 is 0 Å². The molecule has 0 aliphatic heterocycles. The van der Waals surface area contributed by atoms with Crippen LogP contribution in [-0.4, -0.2) is 15.2 Å². The van der Waals surface area contributed by atoms with Gasteiger partial charge in [-0.3, -0.25) is 10.1 Å². The molecule has 0 aliphatic carbocycles. The normalized spacial score (nSPS) is 10.8. The first-order chi connectivity index (χ1) is 7.83. The molecule has 0 amide bonds. The van der Waals surface area contributed by atoms with Gasteiger partial charge in [-0.25, -0.2) is 0 Å². The predicted molar refractivity (Wildman–Crippen MR) is 63.7 cm³/mol. The number of aromatic nitrogens is 3. The van der Waals surface area contributed by atoms with Crippen molar-refractivity contribution < 1.29 is 0 Å². The van der Waals surface area contributed by atoms with Gasteiger partial charge in [-0.05, 0) is 17.5 Å². The molecule has 4 nitrogen and oxygen atoms in total. The Morgan fingerprint density at radius 2 is 2.00 bits per heavy atom. The van der Waals surface area contributed by atoms with Crippen LogP contribution in [0.3, 0.4) is 0 Å². The van der Waals surface area contributed by atoms with Crippen LogP contribution in [0.2, 0.25) is 0 Å². The van der Waals surface area contributed by atoms with Gasteiger partial charge in [0.05, 0.1) is 5.69 Å². The highest BCUT2D eigenvalue weighted by Gasteiger charge is 2.02. The minimum atomic E-state index is 0.501. The van der Waals surface area contributed by atoms with Gasteiger partial charge < -0.3 is 5.73 Å². The lowest BCUT2D eigenvalue weighted by Crippen LogP contribution is -1.81. The van der Waals surface area contributed by atoms with Crippen molar-refractivity contribution in [2.45, 2.75) is 0 Å². The van der Waals surface area contributed by atoms with Crippen molar-refractivity contribution in [2.75, 3.05) is 5.73 Å². The number of pyridine rings is 1. The number of H-pyrrole nitrogens is 1. The third-order valence-corrected chi connectivity index (χ3v) is 2.55. The SMILES string of the molecule is Nc1cc(-c2ccc3ccncc3c2)[nH]n1. The second kappa shape index (κ2) is 3.34. The van der Waals surface area contributed by atoms with E-state index in [2.05, 4.69) is 27.3 Å². The van der Waals surface area contributed by atoms with Crippen LogP contribution in [0.25, 0.3) is 22.0 Å². The molecule has 1 aromatic carbocycles. The number of fused-ring (bicyclic) bond motifs is 1. The smallest absolute Gasteiger partial charge is 0.145 e. The number of nitrogens with zero attached hydrogens (tertiary/aromatic N) is 2. The van der Waals surface area contributed by atoms with E-state index in [9.17, 15) is 0 Å². The van der Waals surface area contributed by atoms with Gasteiger partial charge in [0, 0.05) is 29.4 Å². The Hall–Kier alpha value is -2.36. The molecule has 3 aromatic rings. The molecular formula is C12H10N4. The third-order valence-electron chi connectivity index (χ3n) is 2.55. The van der Waals surface area contributed by atoms with E-state index in [1.807, 2.05) is 24.4 Å². The van der Waals surface area contributed by atoms with Crippen molar-refractivity contribution in [3.63, 3.8) is 0 Å². The van der Waals surface area contributed by atoms with Crippen LogP contribution in [0.5, 0.6) is 0 Å². The van der Waals surface area contributed by atoms with Crippen LogP contribution in [0.15, 0.2) is 42.7 Å². The van der Waals surface area contributed by atoms with Crippen LogP contribution in [0.1, 0.15) is 0 Å². The molecule has 0 bridgehead atoms. The highest BCUT2D eigenvalue weighted by molar-refractivity contribution is 5.86. The van der Waals surface area contributed by atoms with Crippen molar-refractivity contribution in [2.24, 2.45) is 0 Å². The van der Waals surface area contributed by atoms with E-state index >= 15 is 0 Å². The number of hydrogen-bond acceptors (Lipinski definition) is 3. The van der Waals surface area contributed by atoms with E-state index < -0.39 is 0 Å². The van der Waals surface area contributed by atoms with Gasteiger partial charge in [0.2, 0.25) is 0 Å². The fourth-order valence-electron chi connectivity index (χ4n) is 1.74. The first-order valence-corrected chi connectivity index (χ1v) is 4.98.